The summed E-state index contributed by atoms with van der Waals surface area (Å²) in [5.41, 5.74) is 7.68. The first-order chi connectivity index (χ1) is 8.90. The third-order valence-corrected chi connectivity index (χ3v) is 4.71. The Balaban J connectivity index is 2.81. The lowest BCUT2D eigenvalue weighted by molar-refractivity contribution is 0.193. The summed E-state index contributed by atoms with van der Waals surface area (Å²) in [4.78, 5) is 0.194. The molecule has 6 heteroatoms. The molecule has 0 aromatic heterocycles. The van der Waals surface area contributed by atoms with Crippen LogP contribution in [0.4, 0.5) is 5.69 Å². The van der Waals surface area contributed by atoms with Crippen molar-refractivity contribution in [3.63, 3.8) is 0 Å². The first-order valence-corrected chi connectivity index (χ1v) is 7.72. The Hall–Kier alpha value is -1.11. The van der Waals surface area contributed by atoms with E-state index in [-0.39, 0.29) is 10.6 Å². The Morgan fingerprint density at radius 3 is 2.58 bits per heavy atom. The van der Waals surface area contributed by atoms with E-state index in [2.05, 4.69) is 4.72 Å². The molecule has 0 amide bonds. The van der Waals surface area contributed by atoms with E-state index < -0.39 is 10.0 Å². The average Bonchev–Trinajstić information content (AvgIpc) is 2.34. The summed E-state index contributed by atoms with van der Waals surface area (Å²) in [6, 6.07) is 3.45. The van der Waals surface area contributed by atoms with Gasteiger partial charge in [0.1, 0.15) is 4.90 Å². The number of nitrogen functional groups attached to an aromatic ring is 1. The van der Waals surface area contributed by atoms with Crippen molar-refractivity contribution in [3.05, 3.63) is 23.3 Å². The maximum atomic E-state index is 12.2. The SMILES string of the molecule is COCCCCNS(=O)(=O)c1c(N)ccc(C)c1C. The van der Waals surface area contributed by atoms with Gasteiger partial charge in [0, 0.05) is 20.3 Å². The number of rotatable bonds is 7. The van der Waals surface area contributed by atoms with Gasteiger partial charge in [-0.15, -0.1) is 0 Å². The number of nitrogens with one attached hydrogen (secondary N) is 1. The predicted octanol–water partition coefficient (Wildman–Crippen LogP) is 1.59. The molecule has 0 spiro atoms. The third-order valence-electron chi connectivity index (χ3n) is 3.04. The van der Waals surface area contributed by atoms with Crippen molar-refractivity contribution in [1.29, 1.82) is 0 Å². The highest BCUT2D eigenvalue weighted by molar-refractivity contribution is 7.89. The zero-order valence-corrected chi connectivity index (χ0v) is 12.5. The number of anilines is 1. The number of nitrogens with two attached hydrogens (primary N) is 1. The van der Waals surface area contributed by atoms with Crippen LogP contribution in [0.1, 0.15) is 24.0 Å². The number of hydrogen-bond acceptors (Lipinski definition) is 4. The van der Waals surface area contributed by atoms with Gasteiger partial charge in [0.05, 0.1) is 5.69 Å². The van der Waals surface area contributed by atoms with Crippen LogP contribution in [0.5, 0.6) is 0 Å². The fourth-order valence-electron chi connectivity index (χ4n) is 1.82. The summed E-state index contributed by atoms with van der Waals surface area (Å²) >= 11 is 0. The molecule has 108 valence electrons. The normalized spacial score (nSPS) is 11.7. The van der Waals surface area contributed by atoms with Gasteiger partial charge in [-0.05, 0) is 43.9 Å². The van der Waals surface area contributed by atoms with E-state index in [1.165, 1.54) is 0 Å². The zero-order chi connectivity index (χ0) is 14.5. The second-order valence-electron chi connectivity index (χ2n) is 4.52. The van der Waals surface area contributed by atoms with Gasteiger partial charge < -0.3 is 10.5 Å². The predicted molar refractivity (Wildman–Crippen MR) is 76.6 cm³/mol. The standard InChI is InChI=1S/C13H22N2O3S/c1-10-6-7-12(14)13(11(10)2)19(16,17)15-8-4-5-9-18-3/h6-7,15H,4-5,8-9,14H2,1-3H3. The summed E-state index contributed by atoms with van der Waals surface area (Å²) in [5.74, 6) is 0. The fraction of sp³-hybridized carbons (Fsp3) is 0.538. The summed E-state index contributed by atoms with van der Waals surface area (Å²) in [5, 5.41) is 0. The minimum atomic E-state index is -3.55. The maximum Gasteiger partial charge on any atom is 0.242 e. The molecule has 3 N–H and O–H groups in total. The first-order valence-electron chi connectivity index (χ1n) is 6.24. The molecular weight excluding hydrogens is 264 g/mol. The molecule has 1 rings (SSSR count). The second kappa shape index (κ2) is 6.88. The molecule has 0 aliphatic rings. The Morgan fingerprint density at radius 2 is 1.95 bits per heavy atom. The van der Waals surface area contributed by atoms with Crippen molar-refractivity contribution in [2.24, 2.45) is 0 Å². The van der Waals surface area contributed by atoms with Crippen LogP contribution in [0, 0.1) is 13.8 Å². The molecule has 0 atom stereocenters. The van der Waals surface area contributed by atoms with E-state index in [9.17, 15) is 8.42 Å². The van der Waals surface area contributed by atoms with Crippen LogP contribution in [0.3, 0.4) is 0 Å². The van der Waals surface area contributed by atoms with Gasteiger partial charge in [-0.3, -0.25) is 0 Å². The number of sulfonamides is 1. The van der Waals surface area contributed by atoms with Crippen molar-refractivity contribution >= 4 is 15.7 Å². The molecule has 0 saturated heterocycles. The minimum Gasteiger partial charge on any atom is -0.398 e. The molecule has 19 heavy (non-hydrogen) atoms. The molecule has 0 fully saturated rings. The molecule has 0 bridgehead atoms. The van der Waals surface area contributed by atoms with Gasteiger partial charge in [0.25, 0.3) is 0 Å². The summed E-state index contributed by atoms with van der Waals surface area (Å²) in [6.07, 6.45) is 1.55. The largest absolute Gasteiger partial charge is 0.398 e. The van der Waals surface area contributed by atoms with Crippen LogP contribution in [-0.2, 0) is 14.8 Å². The van der Waals surface area contributed by atoms with Crippen LogP contribution >= 0.6 is 0 Å². The molecule has 1 aromatic carbocycles. The van der Waals surface area contributed by atoms with E-state index in [1.54, 1.807) is 20.1 Å². The van der Waals surface area contributed by atoms with E-state index in [0.717, 1.165) is 18.4 Å². The highest BCUT2D eigenvalue weighted by Gasteiger charge is 2.20. The van der Waals surface area contributed by atoms with E-state index in [1.807, 2.05) is 13.0 Å². The van der Waals surface area contributed by atoms with Gasteiger partial charge in [0.15, 0.2) is 0 Å². The highest BCUT2D eigenvalue weighted by atomic mass is 32.2. The number of unbranched alkanes of at least 4 members (excludes halogenated alkanes) is 1. The van der Waals surface area contributed by atoms with Gasteiger partial charge >= 0.3 is 0 Å². The average molecular weight is 286 g/mol. The summed E-state index contributed by atoms with van der Waals surface area (Å²) in [7, 11) is -1.92. The van der Waals surface area contributed by atoms with Gasteiger partial charge in [-0.25, -0.2) is 13.1 Å². The van der Waals surface area contributed by atoms with Crippen LogP contribution in [0.2, 0.25) is 0 Å². The third kappa shape index (κ3) is 4.19. The first kappa shape index (κ1) is 15.9. The molecule has 0 aliphatic carbocycles. The van der Waals surface area contributed by atoms with Crippen molar-refractivity contribution in [2.75, 3.05) is 26.0 Å². The molecule has 0 radical (unpaired) electrons. The van der Waals surface area contributed by atoms with Gasteiger partial charge in [-0.2, -0.15) is 0 Å². The molecule has 1 aromatic rings. The van der Waals surface area contributed by atoms with Crippen molar-refractivity contribution in [3.8, 4) is 0 Å². The number of methoxy groups -OCH3 is 1. The summed E-state index contributed by atoms with van der Waals surface area (Å²) in [6.45, 7) is 4.66. The van der Waals surface area contributed by atoms with E-state index in [0.29, 0.717) is 18.7 Å². The number of hydrogen-bond donors (Lipinski definition) is 2. The van der Waals surface area contributed by atoms with Crippen LogP contribution < -0.4 is 10.5 Å². The lowest BCUT2D eigenvalue weighted by Crippen LogP contribution is -2.26. The van der Waals surface area contributed by atoms with Crippen molar-refractivity contribution < 1.29 is 13.2 Å². The fourth-order valence-corrected chi connectivity index (χ4v) is 3.32. The number of benzene rings is 1. The molecular formula is C13H22N2O3S. The molecule has 5 nitrogen and oxygen atoms in total. The van der Waals surface area contributed by atoms with Crippen LogP contribution in [0.15, 0.2) is 17.0 Å². The smallest absolute Gasteiger partial charge is 0.242 e. The van der Waals surface area contributed by atoms with Gasteiger partial charge in [0.2, 0.25) is 10.0 Å². The molecule has 0 aliphatic heterocycles. The van der Waals surface area contributed by atoms with Crippen LogP contribution in [0.25, 0.3) is 0 Å². The Kier molecular flexibility index (Phi) is 5.78. The van der Waals surface area contributed by atoms with E-state index >= 15 is 0 Å². The number of ether oxygens (including phenoxy) is 1. The monoisotopic (exact) mass is 286 g/mol. The topological polar surface area (TPSA) is 81.4 Å². The Morgan fingerprint density at radius 1 is 1.26 bits per heavy atom. The van der Waals surface area contributed by atoms with Crippen LogP contribution in [-0.4, -0.2) is 28.7 Å². The second-order valence-corrected chi connectivity index (χ2v) is 6.23. The maximum absolute atomic E-state index is 12.2. The summed E-state index contributed by atoms with van der Waals surface area (Å²) < 4.78 is 32.0. The van der Waals surface area contributed by atoms with Crippen molar-refractivity contribution in [1.82, 2.24) is 4.72 Å². The number of aryl methyl sites for hydroxylation is 1. The minimum absolute atomic E-state index is 0.194. The molecule has 0 saturated carbocycles. The Bertz CT molecular complexity index is 527. The molecule has 0 heterocycles. The quantitative estimate of drug-likeness (QED) is 0.589. The highest BCUT2D eigenvalue weighted by Crippen LogP contribution is 2.24. The van der Waals surface area contributed by atoms with Crippen molar-refractivity contribution in [2.45, 2.75) is 31.6 Å². The van der Waals surface area contributed by atoms with E-state index in [4.69, 9.17) is 10.5 Å². The Labute approximate surface area is 115 Å². The zero-order valence-electron chi connectivity index (χ0n) is 11.7. The lowest BCUT2D eigenvalue weighted by atomic mass is 10.1. The van der Waals surface area contributed by atoms with Gasteiger partial charge in [-0.1, -0.05) is 6.07 Å². The molecule has 0 unspecified atom stereocenters. The lowest BCUT2D eigenvalue weighted by Gasteiger charge is -2.13.